The largest absolute Gasteiger partial charge is 0.320 e. The van der Waals surface area contributed by atoms with E-state index in [1.54, 1.807) is 18.2 Å². The molecular weight excluding hydrogens is 322 g/mol. The number of halogens is 3. The summed E-state index contributed by atoms with van der Waals surface area (Å²) in [6, 6.07) is 8.75. The second-order valence-corrected chi connectivity index (χ2v) is 4.71. The fourth-order valence-corrected chi connectivity index (χ4v) is 1.92. The number of anilines is 1. The van der Waals surface area contributed by atoms with Crippen molar-refractivity contribution in [1.82, 2.24) is 4.98 Å². The van der Waals surface area contributed by atoms with Crippen LogP contribution in [0.5, 0.6) is 0 Å². The topological polar surface area (TPSA) is 42.0 Å². The molecule has 0 aliphatic rings. The van der Waals surface area contributed by atoms with Gasteiger partial charge >= 0.3 is 0 Å². The fraction of sp³-hybridized carbons (Fsp3) is 0. The number of hydrogen-bond acceptors (Lipinski definition) is 2. The Hall–Kier alpha value is -1.46. The van der Waals surface area contributed by atoms with E-state index < -0.39 is 11.7 Å². The van der Waals surface area contributed by atoms with Gasteiger partial charge in [-0.1, -0.05) is 17.7 Å². The predicted molar refractivity (Wildman–Crippen MR) is 71.3 cm³/mol. The molecule has 0 radical (unpaired) electrons. The van der Waals surface area contributed by atoms with Crippen molar-refractivity contribution in [2.24, 2.45) is 0 Å². The second kappa shape index (κ2) is 5.46. The molecule has 0 saturated heterocycles. The van der Waals surface area contributed by atoms with Crippen LogP contribution >= 0.6 is 27.5 Å². The molecule has 0 saturated carbocycles. The number of pyridine rings is 1. The molecule has 1 N–H and O–H groups in total. The van der Waals surface area contributed by atoms with Crippen molar-refractivity contribution in [2.45, 2.75) is 0 Å². The maximum Gasteiger partial charge on any atom is 0.274 e. The van der Waals surface area contributed by atoms with Crippen LogP contribution in [0.2, 0.25) is 5.02 Å². The van der Waals surface area contributed by atoms with Gasteiger partial charge in [0.05, 0.1) is 0 Å². The molecule has 1 heterocycles. The van der Waals surface area contributed by atoms with Crippen LogP contribution in [0.1, 0.15) is 10.5 Å². The van der Waals surface area contributed by atoms with Crippen molar-refractivity contribution < 1.29 is 9.18 Å². The lowest BCUT2D eigenvalue weighted by Gasteiger charge is -2.05. The number of amides is 1. The van der Waals surface area contributed by atoms with Gasteiger partial charge in [0.1, 0.15) is 16.1 Å². The number of carbonyl (C=O) groups excluding carboxylic acids is 1. The van der Waals surface area contributed by atoms with Gasteiger partial charge in [-0.25, -0.2) is 9.37 Å². The summed E-state index contributed by atoms with van der Waals surface area (Å²) < 4.78 is 13.6. The van der Waals surface area contributed by atoms with Gasteiger partial charge in [0, 0.05) is 10.7 Å². The third kappa shape index (κ3) is 3.27. The molecule has 0 spiro atoms. The molecule has 3 nitrogen and oxygen atoms in total. The van der Waals surface area contributed by atoms with Crippen molar-refractivity contribution >= 4 is 39.1 Å². The van der Waals surface area contributed by atoms with Crippen molar-refractivity contribution in [3.8, 4) is 0 Å². The number of nitrogens with zero attached hydrogens (tertiary/aromatic N) is 1. The lowest BCUT2D eigenvalue weighted by Crippen LogP contribution is -2.13. The maximum absolute atomic E-state index is 13.1. The van der Waals surface area contributed by atoms with Gasteiger partial charge in [-0.15, -0.1) is 0 Å². The number of carbonyl (C=O) groups is 1. The van der Waals surface area contributed by atoms with Crippen LogP contribution in [0.25, 0.3) is 0 Å². The van der Waals surface area contributed by atoms with Gasteiger partial charge in [0.25, 0.3) is 5.91 Å². The number of benzene rings is 1. The molecule has 1 aromatic carbocycles. The Bertz CT molecular complexity index is 586. The van der Waals surface area contributed by atoms with Gasteiger partial charge in [0.2, 0.25) is 0 Å². The molecule has 18 heavy (non-hydrogen) atoms. The Morgan fingerprint density at radius 2 is 2.11 bits per heavy atom. The normalized spacial score (nSPS) is 10.2. The number of aromatic nitrogens is 1. The zero-order valence-electron chi connectivity index (χ0n) is 8.95. The Morgan fingerprint density at radius 1 is 1.33 bits per heavy atom. The SMILES string of the molecule is O=C(Nc1cc(F)cc(Cl)c1)c1cccc(Br)n1. The third-order valence-corrected chi connectivity index (χ3v) is 2.73. The highest BCUT2D eigenvalue weighted by Gasteiger charge is 2.09. The summed E-state index contributed by atoms with van der Waals surface area (Å²) >= 11 is 8.86. The first-order chi connectivity index (χ1) is 8.54. The first kappa shape index (κ1) is 13.0. The average Bonchev–Trinajstić information content (AvgIpc) is 2.27. The summed E-state index contributed by atoms with van der Waals surface area (Å²) in [5.74, 6) is -0.946. The summed E-state index contributed by atoms with van der Waals surface area (Å²) in [4.78, 5) is 15.8. The summed E-state index contributed by atoms with van der Waals surface area (Å²) in [5.41, 5.74) is 0.511. The number of nitrogens with one attached hydrogen (secondary N) is 1. The van der Waals surface area contributed by atoms with Gasteiger partial charge in [-0.2, -0.15) is 0 Å². The standard InChI is InChI=1S/C12H7BrClFN2O/c13-11-3-1-2-10(17-11)12(18)16-9-5-7(14)4-8(15)6-9/h1-6H,(H,16,18). The Labute approximate surface area is 116 Å². The summed E-state index contributed by atoms with van der Waals surface area (Å²) in [6.07, 6.45) is 0. The molecule has 1 amide bonds. The van der Waals surface area contributed by atoms with E-state index in [4.69, 9.17) is 11.6 Å². The summed E-state index contributed by atoms with van der Waals surface area (Å²) in [6.45, 7) is 0. The minimum absolute atomic E-state index is 0.215. The van der Waals surface area contributed by atoms with E-state index in [0.717, 1.165) is 6.07 Å². The maximum atomic E-state index is 13.1. The molecule has 0 aliphatic heterocycles. The average molecular weight is 330 g/mol. The van der Waals surface area contributed by atoms with Crippen LogP contribution in [0.4, 0.5) is 10.1 Å². The lowest BCUT2D eigenvalue weighted by molar-refractivity contribution is 0.102. The Morgan fingerprint density at radius 3 is 2.78 bits per heavy atom. The van der Waals surface area contributed by atoms with Crippen molar-refractivity contribution in [2.75, 3.05) is 5.32 Å². The quantitative estimate of drug-likeness (QED) is 0.849. The summed E-state index contributed by atoms with van der Waals surface area (Å²) in [7, 11) is 0. The minimum Gasteiger partial charge on any atom is -0.320 e. The molecular formula is C12H7BrClFN2O. The second-order valence-electron chi connectivity index (χ2n) is 3.46. The van der Waals surface area contributed by atoms with Crippen LogP contribution in [0.15, 0.2) is 41.0 Å². The van der Waals surface area contributed by atoms with Gasteiger partial charge in [-0.3, -0.25) is 4.79 Å². The van der Waals surface area contributed by atoms with Crippen LogP contribution in [-0.4, -0.2) is 10.9 Å². The smallest absolute Gasteiger partial charge is 0.274 e. The number of hydrogen-bond donors (Lipinski definition) is 1. The molecule has 2 rings (SSSR count). The monoisotopic (exact) mass is 328 g/mol. The molecule has 1 aromatic heterocycles. The zero-order valence-corrected chi connectivity index (χ0v) is 11.3. The minimum atomic E-state index is -0.514. The van der Waals surface area contributed by atoms with E-state index in [1.165, 1.54) is 12.1 Å². The van der Waals surface area contributed by atoms with Crippen molar-refractivity contribution in [3.63, 3.8) is 0 Å². The first-order valence-corrected chi connectivity index (χ1v) is 6.12. The van der Waals surface area contributed by atoms with E-state index in [0.29, 0.717) is 4.60 Å². The van der Waals surface area contributed by atoms with E-state index in [-0.39, 0.29) is 16.4 Å². The van der Waals surface area contributed by atoms with Crippen molar-refractivity contribution in [1.29, 1.82) is 0 Å². The summed E-state index contributed by atoms with van der Waals surface area (Å²) in [5, 5.41) is 2.74. The highest BCUT2D eigenvalue weighted by atomic mass is 79.9. The van der Waals surface area contributed by atoms with E-state index in [2.05, 4.69) is 26.2 Å². The Kier molecular flexibility index (Phi) is 3.93. The molecule has 6 heteroatoms. The predicted octanol–water partition coefficient (Wildman–Crippen LogP) is 3.89. The fourth-order valence-electron chi connectivity index (χ4n) is 1.36. The highest BCUT2D eigenvalue weighted by molar-refractivity contribution is 9.10. The third-order valence-electron chi connectivity index (χ3n) is 2.07. The molecule has 0 unspecified atom stereocenters. The first-order valence-electron chi connectivity index (χ1n) is 4.94. The zero-order chi connectivity index (χ0) is 13.1. The molecule has 0 bridgehead atoms. The van der Waals surface area contributed by atoms with E-state index >= 15 is 0 Å². The molecule has 0 aliphatic carbocycles. The lowest BCUT2D eigenvalue weighted by atomic mass is 10.3. The van der Waals surface area contributed by atoms with Gasteiger partial charge in [0.15, 0.2) is 0 Å². The molecule has 2 aromatic rings. The van der Waals surface area contributed by atoms with Crippen molar-refractivity contribution in [3.05, 3.63) is 57.5 Å². The van der Waals surface area contributed by atoms with Crippen LogP contribution in [0, 0.1) is 5.82 Å². The van der Waals surface area contributed by atoms with E-state index in [1.807, 2.05) is 0 Å². The van der Waals surface area contributed by atoms with Gasteiger partial charge in [-0.05, 0) is 46.3 Å². The van der Waals surface area contributed by atoms with Crippen LogP contribution < -0.4 is 5.32 Å². The van der Waals surface area contributed by atoms with Crippen LogP contribution in [0.3, 0.4) is 0 Å². The van der Waals surface area contributed by atoms with Crippen LogP contribution in [-0.2, 0) is 0 Å². The molecule has 0 atom stereocenters. The van der Waals surface area contributed by atoms with E-state index in [9.17, 15) is 9.18 Å². The number of rotatable bonds is 2. The molecule has 0 fully saturated rings. The Balaban J connectivity index is 2.21. The molecule has 92 valence electrons. The van der Waals surface area contributed by atoms with Gasteiger partial charge < -0.3 is 5.32 Å². The highest BCUT2D eigenvalue weighted by Crippen LogP contribution is 2.18.